The zero-order valence-corrected chi connectivity index (χ0v) is 12.0. The molecule has 1 N–H and O–H groups in total. The highest BCUT2D eigenvalue weighted by molar-refractivity contribution is 5.25. The predicted octanol–water partition coefficient (Wildman–Crippen LogP) is 2.39. The van der Waals surface area contributed by atoms with Gasteiger partial charge in [-0.2, -0.15) is 4.73 Å². The molecule has 0 spiro atoms. The molecule has 7 nitrogen and oxygen atoms in total. The van der Waals surface area contributed by atoms with E-state index in [1.807, 2.05) is 30.3 Å². The van der Waals surface area contributed by atoms with Gasteiger partial charge in [-0.05, 0) is 25.0 Å². The van der Waals surface area contributed by atoms with E-state index in [1.54, 1.807) is 0 Å². The van der Waals surface area contributed by atoms with Gasteiger partial charge in [0.1, 0.15) is 5.75 Å². The van der Waals surface area contributed by atoms with Crippen LogP contribution in [0.4, 0.5) is 5.69 Å². The van der Waals surface area contributed by atoms with Gasteiger partial charge in [0.15, 0.2) is 5.49 Å². The number of rotatable bonds is 7. The van der Waals surface area contributed by atoms with Crippen LogP contribution in [-0.2, 0) is 0 Å². The molecule has 116 valence electrons. The van der Waals surface area contributed by atoms with Gasteiger partial charge in [0.2, 0.25) is 0 Å². The molecule has 0 aliphatic carbocycles. The summed E-state index contributed by atoms with van der Waals surface area (Å²) in [4.78, 5) is 14.3. The number of hydrogen-bond donors (Lipinski definition) is 1. The van der Waals surface area contributed by atoms with E-state index in [2.05, 4.69) is 4.99 Å². The normalized spacial score (nSPS) is 11.4. The second-order valence-corrected chi connectivity index (χ2v) is 4.60. The summed E-state index contributed by atoms with van der Waals surface area (Å²) in [6.45, 7) is 1.04. The fourth-order valence-electron chi connectivity index (χ4n) is 1.82. The van der Waals surface area contributed by atoms with Crippen molar-refractivity contribution in [3.63, 3.8) is 0 Å². The van der Waals surface area contributed by atoms with Crippen molar-refractivity contribution in [3.8, 4) is 5.75 Å². The number of benzene rings is 1. The van der Waals surface area contributed by atoms with Crippen LogP contribution in [-0.4, -0.2) is 28.0 Å². The summed E-state index contributed by atoms with van der Waals surface area (Å²) >= 11 is 0. The van der Waals surface area contributed by atoms with Gasteiger partial charge in [0.05, 0.1) is 23.8 Å². The highest BCUT2D eigenvalue weighted by Gasteiger charge is 2.05. The number of aromatic nitrogens is 1. The van der Waals surface area contributed by atoms with Crippen LogP contribution in [0.15, 0.2) is 53.7 Å². The Morgan fingerprint density at radius 1 is 1.23 bits per heavy atom. The lowest BCUT2D eigenvalue weighted by Gasteiger charge is -2.04. The molecule has 0 fully saturated rings. The third-order valence-electron chi connectivity index (χ3n) is 2.95. The number of para-hydroxylation sites is 1. The minimum atomic E-state index is -0.521. The lowest BCUT2D eigenvalue weighted by atomic mass is 10.3. The Balaban J connectivity index is 1.80. The van der Waals surface area contributed by atoms with Crippen LogP contribution in [0.25, 0.3) is 0 Å². The summed E-state index contributed by atoms with van der Waals surface area (Å²) in [5.41, 5.74) is 0.0645. The number of pyridine rings is 1. The molecule has 2 aromatic rings. The second kappa shape index (κ2) is 7.82. The van der Waals surface area contributed by atoms with Crippen LogP contribution < -0.4 is 10.2 Å². The third kappa shape index (κ3) is 4.62. The first kappa shape index (κ1) is 15.6. The Morgan fingerprint density at radius 3 is 2.73 bits per heavy atom. The topological polar surface area (TPSA) is 89.9 Å². The molecular weight excluding hydrogens is 286 g/mol. The van der Waals surface area contributed by atoms with E-state index in [1.165, 1.54) is 18.3 Å². The van der Waals surface area contributed by atoms with Crippen molar-refractivity contribution in [3.05, 3.63) is 64.3 Å². The predicted molar refractivity (Wildman–Crippen MR) is 79.9 cm³/mol. The van der Waals surface area contributed by atoms with Gasteiger partial charge >= 0.3 is 0 Å². The van der Waals surface area contributed by atoms with Crippen LogP contribution in [0, 0.1) is 10.1 Å². The highest BCUT2D eigenvalue weighted by atomic mass is 16.6. The third-order valence-corrected chi connectivity index (χ3v) is 2.95. The van der Waals surface area contributed by atoms with E-state index >= 15 is 0 Å². The zero-order chi connectivity index (χ0) is 15.8. The average molecular weight is 303 g/mol. The minimum Gasteiger partial charge on any atom is -0.494 e. The van der Waals surface area contributed by atoms with E-state index in [0.29, 0.717) is 13.2 Å². The number of unbranched alkanes of at least 4 members (excludes halogenated alkanes) is 1. The Morgan fingerprint density at radius 2 is 2.00 bits per heavy atom. The summed E-state index contributed by atoms with van der Waals surface area (Å²) < 4.78 is 6.32. The standard InChI is InChI=1S/C15H17N3O4/c19-17-10-8-13(18(20)21)12-15(17)16-9-4-5-11-22-14-6-2-1-3-7-14/h1-3,6-8,10,12,19H,4-5,9,11H2. The summed E-state index contributed by atoms with van der Waals surface area (Å²) in [5, 5.41) is 20.2. The molecule has 22 heavy (non-hydrogen) atoms. The van der Waals surface area contributed by atoms with E-state index in [-0.39, 0.29) is 11.2 Å². The van der Waals surface area contributed by atoms with Gasteiger partial charge in [-0.15, -0.1) is 0 Å². The SMILES string of the molecule is O=[N+]([O-])c1ccn(O)c(=NCCCCOc2ccccc2)c1. The van der Waals surface area contributed by atoms with Crippen LogP contribution in [0.5, 0.6) is 5.75 Å². The van der Waals surface area contributed by atoms with E-state index < -0.39 is 4.92 Å². The molecule has 0 atom stereocenters. The molecule has 0 aliphatic rings. The van der Waals surface area contributed by atoms with Crippen molar-refractivity contribution in [2.24, 2.45) is 4.99 Å². The number of ether oxygens (including phenoxy) is 1. The fraction of sp³-hybridized carbons (Fsp3) is 0.267. The molecule has 1 aromatic heterocycles. The zero-order valence-electron chi connectivity index (χ0n) is 12.0. The smallest absolute Gasteiger partial charge is 0.274 e. The summed E-state index contributed by atoms with van der Waals surface area (Å²) in [5.74, 6) is 0.825. The molecule has 1 heterocycles. The van der Waals surface area contributed by atoms with Crippen molar-refractivity contribution in [1.29, 1.82) is 0 Å². The summed E-state index contributed by atoms with van der Waals surface area (Å²) in [7, 11) is 0. The van der Waals surface area contributed by atoms with E-state index in [0.717, 1.165) is 23.3 Å². The monoisotopic (exact) mass is 303 g/mol. The maximum absolute atomic E-state index is 10.7. The summed E-state index contributed by atoms with van der Waals surface area (Å²) in [6.07, 6.45) is 2.77. The average Bonchev–Trinajstić information content (AvgIpc) is 2.53. The molecule has 1 aromatic carbocycles. The first-order valence-electron chi connectivity index (χ1n) is 6.91. The first-order chi connectivity index (χ1) is 10.7. The molecule has 0 saturated carbocycles. The van der Waals surface area contributed by atoms with Crippen LogP contribution in [0.3, 0.4) is 0 Å². The quantitative estimate of drug-likeness (QED) is 0.368. The van der Waals surface area contributed by atoms with Gasteiger partial charge in [0, 0.05) is 12.6 Å². The van der Waals surface area contributed by atoms with Crippen molar-refractivity contribution >= 4 is 5.69 Å². The molecular formula is C15H17N3O4. The first-order valence-corrected chi connectivity index (χ1v) is 6.91. The van der Waals surface area contributed by atoms with Crippen LogP contribution >= 0.6 is 0 Å². The summed E-state index contributed by atoms with van der Waals surface area (Å²) in [6, 6.07) is 12.0. The molecule has 0 radical (unpaired) electrons. The van der Waals surface area contributed by atoms with Gasteiger partial charge in [-0.1, -0.05) is 18.2 Å². The van der Waals surface area contributed by atoms with Crippen LogP contribution in [0.1, 0.15) is 12.8 Å². The Bertz CT molecular complexity index is 683. The van der Waals surface area contributed by atoms with Crippen LogP contribution in [0.2, 0.25) is 0 Å². The maximum atomic E-state index is 10.7. The molecule has 0 bridgehead atoms. The highest BCUT2D eigenvalue weighted by Crippen LogP contribution is 2.08. The molecule has 0 aliphatic heterocycles. The van der Waals surface area contributed by atoms with Gasteiger partial charge in [0.25, 0.3) is 5.69 Å². The second-order valence-electron chi connectivity index (χ2n) is 4.60. The Labute approximate surface area is 127 Å². The van der Waals surface area contributed by atoms with Crippen molar-refractivity contribution in [2.45, 2.75) is 12.8 Å². The van der Waals surface area contributed by atoms with Gasteiger partial charge in [-0.3, -0.25) is 15.1 Å². The lowest BCUT2D eigenvalue weighted by Crippen LogP contribution is -2.18. The number of nitro groups is 1. The largest absolute Gasteiger partial charge is 0.494 e. The molecule has 0 unspecified atom stereocenters. The Hall–Kier alpha value is -2.83. The van der Waals surface area contributed by atoms with E-state index in [9.17, 15) is 15.3 Å². The van der Waals surface area contributed by atoms with Crippen molar-refractivity contribution in [1.82, 2.24) is 4.73 Å². The Kier molecular flexibility index (Phi) is 5.53. The van der Waals surface area contributed by atoms with Gasteiger partial charge in [-0.25, -0.2) is 0 Å². The molecule has 7 heteroatoms. The minimum absolute atomic E-state index is 0.100. The lowest BCUT2D eigenvalue weighted by molar-refractivity contribution is -0.385. The molecule has 0 amide bonds. The maximum Gasteiger partial charge on any atom is 0.274 e. The molecule has 2 rings (SSSR count). The fourth-order valence-corrected chi connectivity index (χ4v) is 1.82. The molecule has 0 saturated heterocycles. The van der Waals surface area contributed by atoms with Gasteiger partial charge < -0.3 is 9.94 Å². The van der Waals surface area contributed by atoms with Crippen molar-refractivity contribution < 1.29 is 14.9 Å². The number of hydrogen-bond acceptors (Lipinski definition) is 5. The van der Waals surface area contributed by atoms with E-state index in [4.69, 9.17) is 4.74 Å². The van der Waals surface area contributed by atoms with Crippen molar-refractivity contribution in [2.75, 3.05) is 13.2 Å². The number of nitrogens with zero attached hydrogens (tertiary/aromatic N) is 3.